The lowest BCUT2D eigenvalue weighted by atomic mass is 9.91. The van der Waals surface area contributed by atoms with E-state index in [4.69, 9.17) is 0 Å². The number of hydrogen-bond donors (Lipinski definition) is 0. The van der Waals surface area contributed by atoms with Crippen molar-refractivity contribution in [2.75, 3.05) is 0 Å². The maximum Gasteiger partial charge on any atom is 0.0176 e. The van der Waals surface area contributed by atoms with E-state index in [0.717, 1.165) is 0 Å². The fourth-order valence-corrected chi connectivity index (χ4v) is 6.49. The first kappa shape index (κ1) is 19.6. The van der Waals surface area contributed by atoms with E-state index in [-0.39, 0.29) is 0 Å². The third kappa shape index (κ3) is 2.82. The Hall–Kier alpha value is -3.12. The number of rotatable bonds is 2. The maximum atomic E-state index is 2.41. The van der Waals surface area contributed by atoms with E-state index in [1.807, 2.05) is 0 Å². The molecular formula is C32H30. The molecule has 0 saturated heterocycles. The summed E-state index contributed by atoms with van der Waals surface area (Å²) in [6.45, 7) is 13.6. The molecule has 0 bridgehead atoms. The van der Waals surface area contributed by atoms with Gasteiger partial charge < -0.3 is 0 Å². The minimum Gasteiger partial charge on any atom is -0.0616 e. The van der Waals surface area contributed by atoms with Crippen LogP contribution in [0.2, 0.25) is 0 Å². The van der Waals surface area contributed by atoms with E-state index in [0.29, 0.717) is 11.8 Å². The van der Waals surface area contributed by atoms with Crippen molar-refractivity contribution in [2.45, 2.75) is 53.4 Å². The molecule has 0 nitrogen and oxygen atoms in total. The van der Waals surface area contributed by atoms with Crippen molar-refractivity contribution in [3.05, 3.63) is 122 Å². The summed E-state index contributed by atoms with van der Waals surface area (Å²) in [6.07, 6.45) is 0. The smallest absolute Gasteiger partial charge is 0.0176 e. The maximum absolute atomic E-state index is 2.41. The number of fused-ring (bicyclic) bond motifs is 2. The van der Waals surface area contributed by atoms with Crippen LogP contribution in [0.15, 0.2) is 66.2 Å². The number of hydrogen-bond acceptors (Lipinski definition) is 0. The fraction of sp³-hybridized carbons (Fsp3) is 0.250. The molecule has 0 spiro atoms. The molecule has 1 fully saturated rings. The van der Waals surface area contributed by atoms with E-state index in [2.05, 4.69) is 102 Å². The molecule has 2 aliphatic rings. The molecule has 0 radical (unpaired) electrons. The number of aryl methyl sites for hydroxylation is 6. The first-order valence-electron chi connectivity index (χ1n) is 11.8. The van der Waals surface area contributed by atoms with Crippen LogP contribution in [-0.4, -0.2) is 0 Å². The van der Waals surface area contributed by atoms with Crippen LogP contribution in [0.4, 0.5) is 0 Å². The standard InChI is InChI=1S/C32H30/c1-17-11-19(3)27(20(4)12-17)30-31(28-21(5)13-18(2)14-22(28)6)32(30)29-25-15-23-9-7-8-10-24(23)16-26(25)29/h7-16,30-31H,1-6H3. The zero-order valence-electron chi connectivity index (χ0n) is 19.9. The van der Waals surface area contributed by atoms with Gasteiger partial charge in [-0.05, 0) is 120 Å². The normalized spacial score (nSPS) is 18.8. The number of benzene rings is 4. The van der Waals surface area contributed by atoms with Crippen molar-refractivity contribution in [3.8, 4) is 0 Å². The highest BCUT2D eigenvalue weighted by Crippen LogP contribution is 2.69. The van der Waals surface area contributed by atoms with Gasteiger partial charge >= 0.3 is 0 Å². The van der Waals surface area contributed by atoms with E-state index >= 15 is 0 Å². The Bertz CT molecular complexity index is 1320. The summed E-state index contributed by atoms with van der Waals surface area (Å²) < 4.78 is 0. The molecule has 2 atom stereocenters. The topological polar surface area (TPSA) is 0 Å². The van der Waals surface area contributed by atoms with Gasteiger partial charge in [0, 0.05) is 11.8 Å². The van der Waals surface area contributed by atoms with Gasteiger partial charge in [-0.1, -0.05) is 59.7 Å². The van der Waals surface area contributed by atoms with Crippen molar-refractivity contribution < 1.29 is 0 Å². The highest BCUT2D eigenvalue weighted by Gasteiger charge is 2.53. The second kappa shape index (κ2) is 6.69. The Kier molecular flexibility index (Phi) is 4.09. The van der Waals surface area contributed by atoms with Crippen molar-refractivity contribution in [1.82, 2.24) is 0 Å². The Morgan fingerprint density at radius 2 is 0.875 bits per heavy atom. The highest BCUT2D eigenvalue weighted by molar-refractivity contribution is 6.09. The van der Waals surface area contributed by atoms with E-state index in [1.165, 1.54) is 60.9 Å². The van der Waals surface area contributed by atoms with Crippen LogP contribution in [0.3, 0.4) is 0 Å². The van der Waals surface area contributed by atoms with Crippen molar-refractivity contribution in [1.29, 1.82) is 0 Å². The second-order valence-electron chi connectivity index (χ2n) is 10.2. The summed E-state index contributed by atoms with van der Waals surface area (Å²) >= 11 is 0. The van der Waals surface area contributed by atoms with Gasteiger partial charge in [0.2, 0.25) is 0 Å². The summed E-state index contributed by atoms with van der Waals surface area (Å²) in [5, 5.41) is 2.70. The SMILES string of the molecule is Cc1cc(C)c(C2C(=C3c4cc5ccccc5cc43)C2c2c(C)cc(C)cc2C)c(C)c1. The van der Waals surface area contributed by atoms with Gasteiger partial charge in [-0.3, -0.25) is 0 Å². The first-order valence-corrected chi connectivity index (χ1v) is 11.8. The lowest BCUT2D eigenvalue weighted by Crippen LogP contribution is -1.97. The molecule has 0 aliphatic heterocycles. The minimum atomic E-state index is 0.487. The van der Waals surface area contributed by atoms with Gasteiger partial charge in [0.15, 0.2) is 0 Å². The average molecular weight is 415 g/mol. The molecule has 0 heterocycles. The molecule has 0 amide bonds. The van der Waals surface area contributed by atoms with Crippen molar-refractivity contribution >= 4 is 16.3 Å². The molecule has 2 aliphatic carbocycles. The average Bonchev–Trinajstić information content (AvgIpc) is 3.59. The molecule has 0 N–H and O–H groups in total. The molecular weight excluding hydrogens is 384 g/mol. The van der Waals surface area contributed by atoms with E-state index < -0.39 is 0 Å². The third-order valence-corrected chi connectivity index (χ3v) is 7.64. The molecule has 32 heavy (non-hydrogen) atoms. The molecule has 158 valence electrons. The quantitative estimate of drug-likeness (QED) is 0.272. The van der Waals surface area contributed by atoms with E-state index in [1.54, 1.807) is 16.7 Å². The van der Waals surface area contributed by atoms with Crippen molar-refractivity contribution in [3.63, 3.8) is 0 Å². The highest BCUT2D eigenvalue weighted by atomic mass is 14.6. The van der Waals surface area contributed by atoms with Gasteiger partial charge in [-0.2, -0.15) is 0 Å². The Morgan fingerprint density at radius 3 is 1.25 bits per heavy atom. The molecule has 4 aromatic carbocycles. The zero-order chi connectivity index (χ0) is 22.3. The van der Waals surface area contributed by atoms with Crippen LogP contribution in [0.5, 0.6) is 0 Å². The van der Waals surface area contributed by atoms with Crippen LogP contribution in [-0.2, 0) is 0 Å². The molecule has 6 rings (SSSR count). The predicted octanol–water partition coefficient (Wildman–Crippen LogP) is 8.39. The predicted molar refractivity (Wildman–Crippen MR) is 137 cm³/mol. The Balaban J connectivity index is 1.57. The minimum absolute atomic E-state index is 0.487. The lowest BCUT2D eigenvalue weighted by molar-refractivity contribution is 0.971. The Morgan fingerprint density at radius 1 is 0.500 bits per heavy atom. The first-order chi connectivity index (χ1) is 15.3. The van der Waals surface area contributed by atoms with Gasteiger partial charge in [0.25, 0.3) is 0 Å². The summed E-state index contributed by atoms with van der Waals surface area (Å²) in [6, 6.07) is 23.0. The van der Waals surface area contributed by atoms with Crippen LogP contribution < -0.4 is 0 Å². The number of allylic oxidation sites excluding steroid dienone is 1. The fourth-order valence-electron chi connectivity index (χ4n) is 6.49. The zero-order valence-corrected chi connectivity index (χ0v) is 19.9. The van der Waals surface area contributed by atoms with Crippen LogP contribution in [0, 0.1) is 41.5 Å². The van der Waals surface area contributed by atoms with Crippen LogP contribution in [0.25, 0.3) is 16.3 Å². The van der Waals surface area contributed by atoms with Crippen LogP contribution >= 0.6 is 0 Å². The van der Waals surface area contributed by atoms with Gasteiger partial charge in [-0.25, -0.2) is 0 Å². The Labute approximate surface area is 191 Å². The summed E-state index contributed by atoms with van der Waals surface area (Å²) in [5.41, 5.74) is 17.7. The van der Waals surface area contributed by atoms with Gasteiger partial charge in [0.05, 0.1) is 0 Å². The summed E-state index contributed by atoms with van der Waals surface area (Å²) in [4.78, 5) is 0. The molecule has 0 aromatic heterocycles. The summed E-state index contributed by atoms with van der Waals surface area (Å²) in [5.74, 6) is 0.974. The monoisotopic (exact) mass is 414 g/mol. The largest absolute Gasteiger partial charge is 0.0616 e. The van der Waals surface area contributed by atoms with Gasteiger partial charge in [0.1, 0.15) is 0 Å². The van der Waals surface area contributed by atoms with Gasteiger partial charge in [-0.15, -0.1) is 0 Å². The van der Waals surface area contributed by atoms with Crippen LogP contribution in [0.1, 0.15) is 67.5 Å². The molecule has 2 unspecified atom stereocenters. The molecule has 1 saturated carbocycles. The third-order valence-electron chi connectivity index (χ3n) is 7.64. The molecule has 4 aromatic rings. The van der Waals surface area contributed by atoms with E-state index in [9.17, 15) is 0 Å². The summed E-state index contributed by atoms with van der Waals surface area (Å²) in [7, 11) is 0. The lowest BCUT2D eigenvalue weighted by Gasteiger charge is -2.13. The second-order valence-corrected chi connectivity index (χ2v) is 10.2. The van der Waals surface area contributed by atoms with Crippen molar-refractivity contribution in [2.24, 2.45) is 0 Å². The molecule has 0 heteroatoms.